The van der Waals surface area contributed by atoms with Gasteiger partial charge in [0.2, 0.25) is 0 Å². The van der Waals surface area contributed by atoms with Crippen LogP contribution in [0.15, 0.2) is 12.3 Å². The molecule has 1 aromatic heterocycles. The number of pyridine rings is 1. The van der Waals surface area contributed by atoms with Crippen molar-refractivity contribution in [2.75, 3.05) is 0 Å². The quantitative estimate of drug-likeness (QED) is 0.604. The van der Waals surface area contributed by atoms with Crippen molar-refractivity contribution in [2.24, 2.45) is 0 Å². The third kappa shape index (κ3) is 2.26. The molecule has 0 aliphatic carbocycles. The van der Waals surface area contributed by atoms with Crippen LogP contribution in [-0.2, 0) is 0 Å². The monoisotopic (exact) mass is 375 g/mol. The first-order valence-electron chi connectivity index (χ1n) is 2.65. The van der Waals surface area contributed by atoms with E-state index in [0.29, 0.717) is 0 Å². The molecule has 5 heteroatoms. The zero-order valence-corrected chi connectivity index (χ0v) is 9.53. The third-order valence-electron chi connectivity index (χ3n) is 1.05. The number of carbonyl (C=O) groups is 1. The molecule has 3 nitrogen and oxygen atoms in total. The number of carboxylic acids is 1. The Morgan fingerprint density at radius 3 is 2.64 bits per heavy atom. The van der Waals surface area contributed by atoms with E-state index in [9.17, 15) is 4.79 Å². The Balaban J connectivity index is 3.20. The molecule has 11 heavy (non-hydrogen) atoms. The Morgan fingerprint density at radius 2 is 2.18 bits per heavy atom. The first kappa shape index (κ1) is 9.17. The summed E-state index contributed by atoms with van der Waals surface area (Å²) in [6, 6.07) is 1.73. The van der Waals surface area contributed by atoms with E-state index in [-0.39, 0.29) is 5.56 Å². The Bertz CT molecular complexity index is 301. The molecule has 0 aliphatic heterocycles. The van der Waals surface area contributed by atoms with E-state index in [0.717, 1.165) is 7.27 Å². The van der Waals surface area contributed by atoms with E-state index in [1.165, 1.54) is 6.20 Å². The zero-order chi connectivity index (χ0) is 8.43. The highest BCUT2D eigenvalue weighted by molar-refractivity contribution is 14.1. The second-order valence-electron chi connectivity index (χ2n) is 1.79. The molecule has 58 valence electrons. The van der Waals surface area contributed by atoms with Crippen LogP contribution < -0.4 is 0 Å². The molecule has 0 aromatic carbocycles. The average molecular weight is 375 g/mol. The fourth-order valence-corrected chi connectivity index (χ4v) is 2.28. The summed E-state index contributed by atoms with van der Waals surface area (Å²) in [5.41, 5.74) is 0.256. The standard InChI is InChI=1S/C6H3I2NO2/c7-4-1-5(8)9-2-3(4)6(10)11/h1-2H,(H,10,11). The SMILES string of the molecule is O=C(O)c1cnc(I)cc1I. The van der Waals surface area contributed by atoms with Crippen molar-refractivity contribution in [3.8, 4) is 0 Å². The summed E-state index contributed by atoms with van der Waals surface area (Å²) in [5.74, 6) is -0.932. The Labute approximate surface area is 90.5 Å². The summed E-state index contributed by atoms with van der Waals surface area (Å²) >= 11 is 4.01. The molecule has 0 atom stereocenters. The van der Waals surface area contributed by atoms with Crippen LogP contribution in [0, 0.1) is 7.27 Å². The normalized spacial score (nSPS) is 9.64. The minimum Gasteiger partial charge on any atom is -0.478 e. The van der Waals surface area contributed by atoms with Crippen molar-refractivity contribution in [3.63, 3.8) is 0 Å². The molecule has 0 fully saturated rings. The summed E-state index contributed by atoms with van der Waals surface area (Å²) in [4.78, 5) is 14.3. The van der Waals surface area contributed by atoms with Gasteiger partial charge >= 0.3 is 5.97 Å². The van der Waals surface area contributed by atoms with Crippen LogP contribution in [0.5, 0.6) is 0 Å². The zero-order valence-electron chi connectivity index (χ0n) is 5.21. The molecule has 0 spiro atoms. The molecule has 0 saturated heterocycles. The lowest BCUT2D eigenvalue weighted by Crippen LogP contribution is -2.00. The van der Waals surface area contributed by atoms with E-state index in [2.05, 4.69) is 4.98 Å². The first-order valence-corrected chi connectivity index (χ1v) is 4.81. The maximum atomic E-state index is 10.5. The minimum atomic E-state index is -0.932. The van der Waals surface area contributed by atoms with Crippen LogP contribution >= 0.6 is 45.2 Å². The van der Waals surface area contributed by atoms with Gasteiger partial charge in [-0.2, -0.15) is 0 Å². The molecule has 0 radical (unpaired) electrons. The van der Waals surface area contributed by atoms with Crippen molar-refractivity contribution in [2.45, 2.75) is 0 Å². The highest BCUT2D eigenvalue weighted by Crippen LogP contribution is 2.13. The van der Waals surface area contributed by atoms with E-state index < -0.39 is 5.97 Å². The maximum absolute atomic E-state index is 10.5. The van der Waals surface area contributed by atoms with Crippen molar-refractivity contribution in [3.05, 3.63) is 25.1 Å². The van der Waals surface area contributed by atoms with Gasteiger partial charge in [0.05, 0.1) is 5.56 Å². The Kier molecular flexibility index (Phi) is 3.05. The van der Waals surface area contributed by atoms with Crippen molar-refractivity contribution >= 4 is 51.2 Å². The lowest BCUT2D eigenvalue weighted by molar-refractivity contribution is 0.0695. The van der Waals surface area contributed by atoms with Gasteiger partial charge in [-0.05, 0) is 51.2 Å². The summed E-state index contributed by atoms with van der Waals surface area (Å²) in [6.45, 7) is 0. The van der Waals surface area contributed by atoms with Crippen molar-refractivity contribution < 1.29 is 9.90 Å². The number of hydrogen-bond donors (Lipinski definition) is 1. The van der Waals surface area contributed by atoms with E-state index in [1.807, 2.05) is 45.2 Å². The fourth-order valence-electron chi connectivity index (χ4n) is 0.565. The van der Waals surface area contributed by atoms with Gasteiger partial charge in [-0.1, -0.05) is 0 Å². The lowest BCUT2D eigenvalue weighted by Gasteiger charge is -1.96. The predicted molar refractivity (Wildman–Crippen MR) is 56.6 cm³/mol. The molecule has 0 bridgehead atoms. The average Bonchev–Trinajstić information content (AvgIpc) is 1.85. The van der Waals surface area contributed by atoms with Gasteiger partial charge < -0.3 is 5.11 Å². The highest BCUT2D eigenvalue weighted by Gasteiger charge is 2.07. The maximum Gasteiger partial charge on any atom is 0.338 e. The number of rotatable bonds is 1. The molecule has 1 aromatic rings. The number of carboxylic acid groups (broad SMARTS) is 1. The molecular weight excluding hydrogens is 372 g/mol. The van der Waals surface area contributed by atoms with Gasteiger partial charge in [-0.25, -0.2) is 9.78 Å². The van der Waals surface area contributed by atoms with Crippen LogP contribution in [0.1, 0.15) is 10.4 Å². The van der Waals surface area contributed by atoms with E-state index >= 15 is 0 Å². The summed E-state index contributed by atoms with van der Waals surface area (Å²) in [5, 5.41) is 8.61. The second kappa shape index (κ2) is 3.65. The number of aromatic nitrogens is 1. The second-order valence-corrected chi connectivity index (χ2v) is 4.06. The molecule has 0 saturated carbocycles. The van der Waals surface area contributed by atoms with Crippen molar-refractivity contribution in [1.29, 1.82) is 0 Å². The topological polar surface area (TPSA) is 50.2 Å². The number of nitrogens with zero attached hydrogens (tertiary/aromatic N) is 1. The molecule has 1 N–H and O–H groups in total. The van der Waals surface area contributed by atoms with Gasteiger partial charge in [-0.15, -0.1) is 0 Å². The van der Waals surface area contributed by atoms with Gasteiger partial charge in [0.1, 0.15) is 3.70 Å². The van der Waals surface area contributed by atoms with Crippen LogP contribution in [0.4, 0.5) is 0 Å². The third-order valence-corrected chi connectivity index (χ3v) is 2.53. The largest absolute Gasteiger partial charge is 0.478 e. The fraction of sp³-hybridized carbons (Fsp3) is 0. The predicted octanol–water partition coefficient (Wildman–Crippen LogP) is 1.99. The minimum absolute atomic E-state index is 0.256. The molecule has 0 aliphatic rings. The van der Waals surface area contributed by atoms with Gasteiger partial charge in [-0.3, -0.25) is 0 Å². The number of hydrogen-bond acceptors (Lipinski definition) is 2. The molecular formula is C6H3I2NO2. The van der Waals surface area contributed by atoms with Crippen LogP contribution in [0.25, 0.3) is 0 Å². The lowest BCUT2D eigenvalue weighted by atomic mass is 10.3. The molecule has 1 rings (SSSR count). The van der Waals surface area contributed by atoms with E-state index in [4.69, 9.17) is 5.11 Å². The molecule has 0 amide bonds. The first-order chi connectivity index (χ1) is 5.11. The molecule has 1 heterocycles. The van der Waals surface area contributed by atoms with Gasteiger partial charge in [0.25, 0.3) is 0 Å². The van der Waals surface area contributed by atoms with Crippen LogP contribution in [0.2, 0.25) is 0 Å². The van der Waals surface area contributed by atoms with Crippen LogP contribution in [0.3, 0.4) is 0 Å². The summed E-state index contributed by atoms with van der Waals surface area (Å²) in [7, 11) is 0. The van der Waals surface area contributed by atoms with E-state index in [1.54, 1.807) is 6.07 Å². The van der Waals surface area contributed by atoms with Gasteiger partial charge in [0.15, 0.2) is 0 Å². The Hall–Kier alpha value is 0.0800. The van der Waals surface area contributed by atoms with Gasteiger partial charge in [0, 0.05) is 9.77 Å². The number of aromatic carboxylic acids is 1. The summed E-state index contributed by atoms with van der Waals surface area (Å²) in [6.07, 6.45) is 1.37. The van der Waals surface area contributed by atoms with Crippen molar-refractivity contribution in [1.82, 2.24) is 4.98 Å². The summed E-state index contributed by atoms with van der Waals surface area (Å²) < 4.78 is 1.52. The number of halogens is 2. The Morgan fingerprint density at radius 1 is 1.55 bits per heavy atom. The smallest absolute Gasteiger partial charge is 0.338 e. The molecule has 0 unspecified atom stereocenters. The highest BCUT2D eigenvalue weighted by atomic mass is 127. The van der Waals surface area contributed by atoms with Crippen LogP contribution in [-0.4, -0.2) is 16.1 Å².